The van der Waals surface area contributed by atoms with E-state index in [0.29, 0.717) is 6.07 Å². The van der Waals surface area contributed by atoms with Crippen LogP contribution in [0.15, 0.2) is 18.2 Å². The number of rotatable bonds is 4. The molecule has 0 spiro atoms. The molecule has 0 unspecified atom stereocenters. The molecule has 0 radical (unpaired) electrons. The van der Waals surface area contributed by atoms with Crippen LogP contribution in [0, 0.1) is 5.82 Å². The van der Waals surface area contributed by atoms with Crippen LogP contribution < -0.4 is 5.32 Å². The number of benzene rings is 1. The molecule has 0 aliphatic rings. The summed E-state index contributed by atoms with van der Waals surface area (Å²) in [6.45, 7) is 2.72. The molecule has 0 aromatic heterocycles. The Labute approximate surface area is 113 Å². The molecule has 20 heavy (non-hydrogen) atoms. The van der Waals surface area contributed by atoms with E-state index in [1.165, 1.54) is 21.0 Å². The Kier molecular flexibility index (Phi) is 4.75. The summed E-state index contributed by atoms with van der Waals surface area (Å²) < 4.78 is 55.8. The minimum atomic E-state index is -4.66. The molecule has 0 bridgehead atoms. The number of methoxy groups -OCH3 is 1. The van der Waals surface area contributed by atoms with Crippen LogP contribution in [0.3, 0.4) is 0 Å². The molecule has 1 rings (SSSR count). The summed E-state index contributed by atoms with van der Waals surface area (Å²) in [5.74, 6) is -1.57. The number of carbonyl (C=O) groups excluding carboxylic acids is 1. The zero-order valence-electron chi connectivity index (χ0n) is 11.3. The maximum atomic E-state index is 12.9. The number of esters is 1. The van der Waals surface area contributed by atoms with E-state index in [1.807, 2.05) is 0 Å². The molecule has 0 atom stereocenters. The van der Waals surface area contributed by atoms with Crippen LogP contribution in [0.4, 0.5) is 17.6 Å². The van der Waals surface area contributed by atoms with Crippen molar-refractivity contribution in [2.75, 3.05) is 7.11 Å². The van der Waals surface area contributed by atoms with Crippen molar-refractivity contribution in [2.45, 2.75) is 32.1 Å². The highest BCUT2D eigenvalue weighted by molar-refractivity contribution is 5.79. The summed E-state index contributed by atoms with van der Waals surface area (Å²) in [6, 6.07) is 2.41. The topological polar surface area (TPSA) is 38.3 Å². The van der Waals surface area contributed by atoms with Crippen LogP contribution in [0.2, 0.25) is 0 Å². The third kappa shape index (κ3) is 3.93. The van der Waals surface area contributed by atoms with Gasteiger partial charge < -0.3 is 4.74 Å². The average Bonchev–Trinajstić information content (AvgIpc) is 2.35. The second-order valence-corrected chi connectivity index (χ2v) is 4.77. The molecule has 0 saturated heterocycles. The molecule has 0 aliphatic heterocycles. The number of nitrogens with one attached hydrogen (secondary N) is 1. The SMILES string of the molecule is COC(=O)C(C)(C)NCc1ccc(F)cc1C(F)(F)F. The van der Waals surface area contributed by atoms with Gasteiger partial charge in [-0.3, -0.25) is 10.1 Å². The molecule has 112 valence electrons. The van der Waals surface area contributed by atoms with E-state index in [2.05, 4.69) is 10.1 Å². The van der Waals surface area contributed by atoms with Crippen LogP contribution in [0.25, 0.3) is 0 Å². The molecule has 3 nitrogen and oxygen atoms in total. The van der Waals surface area contributed by atoms with Crippen LogP contribution in [-0.4, -0.2) is 18.6 Å². The summed E-state index contributed by atoms with van der Waals surface area (Å²) in [5, 5.41) is 2.66. The van der Waals surface area contributed by atoms with Gasteiger partial charge in [0.25, 0.3) is 0 Å². The van der Waals surface area contributed by atoms with Gasteiger partial charge in [0, 0.05) is 6.54 Å². The van der Waals surface area contributed by atoms with Gasteiger partial charge in [0.2, 0.25) is 0 Å². The van der Waals surface area contributed by atoms with Crippen molar-refractivity contribution in [3.05, 3.63) is 35.1 Å². The highest BCUT2D eigenvalue weighted by Gasteiger charge is 2.35. The van der Waals surface area contributed by atoms with Gasteiger partial charge >= 0.3 is 12.1 Å². The Morgan fingerprint density at radius 1 is 1.30 bits per heavy atom. The van der Waals surface area contributed by atoms with E-state index in [4.69, 9.17) is 0 Å². The minimum absolute atomic E-state index is 0.143. The van der Waals surface area contributed by atoms with Crippen molar-refractivity contribution in [3.63, 3.8) is 0 Å². The van der Waals surface area contributed by atoms with Gasteiger partial charge in [-0.1, -0.05) is 6.07 Å². The number of carbonyl (C=O) groups is 1. The Balaban J connectivity index is 2.97. The molecule has 1 aromatic rings. The standard InChI is InChI=1S/C13H15F4NO2/c1-12(2,11(19)20-3)18-7-8-4-5-9(14)6-10(8)13(15,16)17/h4-6,18H,7H2,1-3H3. The predicted molar refractivity (Wildman–Crippen MR) is 64.3 cm³/mol. The lowest BCUT2D eigenvalue weighted by Crippen LogP contribution is -2.47. The van der Waals surface area contributed by atoms with Gasteiger partial charge in [-0.25, -0.2) is 4.39 Å². The van der Waals surface area contributed by atoms with E-state index in [9.17, 15) is 22.4 Å². The monoisotopic (exact) mass is 293 g/mol. The number of ether oxygens (including phenoxy) is 1. The summed E-state index contributed by atoms with van der Waals surface area (Å²) in [4.78, 5) is 11.4. The lowest BCUT2D eigenvalue weighted by Gasteiger charge is -2.24. The van der Waals surface area contributed by atoms with Crippen LogP contribution in [-0.2, 0) is 22.3 Å². The molecule has 0 amide bonds. The first-order chi connectivity index (χ1) is 9.08. The number of hydrogen-bond donors (Lipinski definition) is 1. The molecule has 1 N–H and O–H groups in total. The summed E-state index contributed by atoms with van der Waals surface area (Å²) in [7, 11) is 1.19. The van der Waals surface area contributed by atoms with Gasteiger partial charge in [-0.05, 0) is 31.5 Å². The Hall–Kier alpha value is -1.63. The van der Waals surface area contributed by atoms with E-state index >= 15 is 0 Å². The van der Waals surface area contributed by atoms with Crippen molar-refractivity contribution in [2.24, 2.45) is 0 Å². The molecule has 0 fully saturated rings. The summed E-state index contributed by atoms with van der Waals surface area (Å²) in [5.41, 5.74) is -2.35. The average molecular weight is 293 g/mol. The van der Waals surface area contributed by atoms with Gasteiger partial charge in [-0.15, -0.1) is 0 Å². The molecule has 7 heteroatoms. The van der Waals surface area contributed by atoms with Crippen LogP contribution in [0.1, 0.15) is 25.0 Å². The maximum Gasteiger partial charge on any atom is 0.416 e. The number of hydrogen-bond acceptors (Lipinski definition) is 3. The molecule has 0 aliphatic carbocycles. The molecular formula is C13H15F4NO2. The summed E-state index contributed by atoms with van der Waals surface area (Å²) >= 11 is 0. The van der Waals surface area contributed by atoms with Crippen molar-refractivity contribution >= 4 is 5.97 Å². The molecule has 1 aromatic carbocycles. The van der Waals surface area contributed by atoms with E-state index in [0.717, 1.165) is 12.1 Å². The normalized spacial score (nSPS) is 12.3. The largest absolute Gasteiger partial charge is 0.468 e. The first kappa shape index (κ1) is 16.4. The Morgan fingerprint density at radius 2 is 1.90 bits per heavy atom. The maximum absolute atomic E-state index is 12.9. The quantitative estimate of drug-likeness (QED) is 0.685. The third-order valence-electron chi connectivity index (χ3n) is 2.79. The van der Waals surface area contributed by atoms with E-state index in [1.54, 1.807) is 0 Å². The van der Waals surface area contributed by atoms with Crippen molar-refractivity contribution in [3.8, 4) is 0 Å². The fraction of sp³-hybridized carbons (Fsp3) is 0.462. The first-order valence-corrected chi connectivity index (χ1v) is 5.77. The fourth-order valence-electron chi connectivity index (χ4n) is 1.61. The van der Waals surface area contributed by atoms with Crippen molar-refractivity contribution < 1.29 is 27.1 Å². The zero-order valence-corrected chi connectivity index (χ0v) is 11.3. The second kappa shape index (κ2) is 5.78. The second-order valence-electron chi connectivity index (χ2n) is 4.77. The Bertz CT molecular complexity index is 498. The van der Waals surface area contributed by atoms with E-state index in [-0.39, 0.29) is 12.1 Å². The Morgan fingerprint density at radius 3 is 2.40 bits per heavy atom. The highest BCUT2D eigenvalue weighted by Crippen LogP contribution is 2.32. The third-order valence-corrected chi connectivity index (χ3v) is 2.79. The lowest BCUT2D eigenvalue weighted by molar-refractivity contribution is -0.147. The van der Waals surface area contributed by atoms with Gasteiger partial charge in [-0.2, -0.15) is 13.2 Å². The highest BCUT2D eigenvalue weighted by atomic mass is 19.4. The molecular weight excluding hydrogens is 278 g/mol. The zero-order chi connectivity index (χ0) is 15.6. The fourth-order valence-corrected chi connectivity index (χ4v) is 1.61. The van der Waals surface area contributed by atoms with Gasteiger partial charge in [0.15, 0.2) is 0 Å². The number of halogens is 4. The van der Waals surface area contributed by atoms with Crippen molar-refractivity contribution in [1.29, 1.82) is 0 Å². The molecule has 0 saturated carbocycles. The van der Waals surface area contributed by atoms with Crippen LogP contribution >= 0.6 is 0 Å². The lowest BCUT2D eigenvalue weighted by atomic mass is 10.0. The van der Waals surface area contributed by atoms with Crippen LogP contribution in [0.5, 0.6) is 0 Å². The predicted octanol–water partition coefficient (Wildman–Crippen LogP) is 2.89. The minimum Gasteiger partial charge on any atom is -0.468 e. The number of alkyl halides is 3. The van der Waals surface area contributed by atoms with E-state index < -0.39 is 29.1 Å². The van der Waals surface area contributed by atoms with Crippen molar-refractivity contribution in [1.82, 2.24) is 5.32 Å². The first-order valence-electron chi connectivity index (χ1n) is 5.77. The smallest absolute Gasteiger partial charge is 0.416 e. The molecule has 0 heterocycles. The van der Waals surface area contributed by atoms with Gasteiger partial charge in [0.1, 0.15) is 11.4 Å². The summed E-state index contributed by atoms with van der Waals surface area (Å²) in [6.07, 6.45) is -4.66. The van der Waals surface area contributed by atoms with Gasteiger partial charge in [0.05, 0.1) is 12.7 Å².